The van der Waals surface area contributed by atoms with Crippen LogP contribution >= 0.6 is 11.3 Å². The molecule has 2 nitrogen and oxygen atoms in total. The smallest absolute Gasteiger partial charge is 0.0388 e. The number of hydrogen-bond acceptors (Lipinski definition) is 3. The molecule has 1 N–H and O–H groups in total. The van der Waals surface area contributed by atoms with Crippen molar-refractivity contribution in [2.24, 2.45) is 0 Å². The number of aryl methyl sites for hydroxylation is 1. The average molecular weight is 282 g/mol. The second-order valence-electron chi connectivity index (χ2n) is 5.06. The molecule has 0 aliphatic heterocycles. The number of nitrogens with zero attached hydrogens (tertiary/aromatic N) is 1. The van der Waals surface area contributed by atoms with Crippen molar-refractivity contribution >= 4 is 22.1 Å². The van der Waals surface area contributed by atoms with Gasteiger partial charge in [0, 0.05) is 40.1 Å². The molecule has 0 aliphatic carbocycles. The first-order valence-corrected chi connectivity index (χ1v) is 7.67. The molecule has 0 saturated heterocycles. The van der Waals surface area contributed by atoms with Crippen molar-refractivity contribution in [3.8, 4) is 0 Å². The SMILES string of the molecule is Cc1ccc(C(C)NCc2cccc3cnccc23)s1. The van der Waals surface area contributed by atoms with Gasteiger partial charge in [-0.05, 0) is 43.0 Å². The van der Waals surface area contributed by atoms with Crippen molar-refractivity contribution < 1.29 is 0 Å². The highest BCUT2D eigenvalue weighted by Gasteiger charge is 2.08. The molecule has 1 unspecified atom stereocenters. The number of fused-ring (bicyclic) bond motifs is 1. The monoisotopic (exact) mass is 282 g/mol. The molecule has 0 fully saturated rings. The number of rotatable bonds is 4. The molecule has 2 aromatic heterocycles. The average Bonchev–Trinajstić information content (AvgIpc) is 2.91. The molecule has 0 bridgehead atoms. The van der Waals surface area contributed by atoms with Crippen LogP contribution in [0.5, 0.6) is 0 Å². The first kappa shape index (κ1) is 13.3. The third kappa shape index (κ3) is 2.74. The van der Waals surface area contributed by atoms with Crippen LogP contribution in [0.4, 0.5) is 0 Å². The Morgan fingerprint density at radius 2 is 2.10 bits per heavy atom. The van der Waals surface area contributed by atoms with Gasteiger partial charge in [0.05, 0.1) is 0 Å². The fourth-order valence-electron chi connectivity index (χ4n) is 2.39. The summed E-state index contributed by atoms with van der Waals surface area (Å²) < 4.78 is 0. The Balaban J connectivity index is 1.77. The van der Waals surface area contributed by atoms with Crippen LogP contribution in [-0.4, -0.2) is 4.98 Å². The fraction of sp³-hybridized carbons (Fsp3) is 0.235. The Labute approximate surface area is 123 Å². The van der Waals surface area contributed by atoms with Gasteiger partial charge in [-0.2, -0.15) is 0 Å². The van der Waals surface area contributed by atoms with E-state index in [0.717, 1.165) is 6.54 Å². The Morgan fingerprint density at radius 3 is 2.90 bits per heavy atom. The lowest BCUT2D eigenvalue weighted by atomic mass is 10.1. The van der Waals surface area contributed by atoms with E-state index in [-0.39, 0.29) is 0 Å². The predicted octanol–water partition coefficient (Wildman–Crippen LogP) is 4.46. The number of benzene rings is 1. The van der Waals surface area contributed by atoms with E-state index in [2.05, 4.69) is 60.5 Å². The Morgan fingerprint density at radius 1 is 1.20 bits per heavy atom. The maximum atomic E-state index is 4.18. The number of aromatic nitrogens is 1. The standard InChI is InChI=1S/C17H18N2S/c1-12-6-7-17(20-12)13(2)19-11-15-5-3-4-14-10-18-9-8-16(14)15/h3-10,13,19H,11H2,1-2H3. The molecule has 2 heterocycles. The van der Waals surface area contributed by atoms with Gasteiger partial charge in [0.25, 0.3) is 0 Å². The van der Waals surface area contributed by atoms with Crippen molar-refractivity contribution in [2.75, 3.05) is 0 Å². The van der Waals surface area contributed by atoms with Gasteiger partial charge in [0.1, 0.15) is 0 Å². The van der Waals surface area contributed by atoms with E-state index in [4.69, 9.17) is 0 Å². The van der Waals surface area contributed by atoms with Crippen molar-refractivity contribution in [3.63, 3.8) is 0 Å². The summed E-state index contributed by atoms with van der Waals surface area (Å²) in [6.45, 7) is 5.25. The molecule has 102 valence electrons. The highest BCUT2D eigenvalue weighted by molar-refractivity contribution is 7.12. The van der Waals surface area contributed by atoms with E-state index in [9.17, 15) is 0 Å². The summed E-state index contributed by atoms with van der Waals surface area (Å²) in [5.74, 6) is 0. The van der Waals surface area contributed by atoms with Crippen LogP contribution in [0.25, 0.3) is 10.8 Å². The van der Waals surface area contributed by atoms with E-state index in [1.54, 1.807) is 0 Å². The molecule has 0 spiro atoms. The highest BCUT2D eigenvalue weighted by atomic mass is 32.1. The molecule has 0 amide bonds. The van der Waals surface area contributed by atoms with Gasteiger partial charge < -0.3 is 5.32 Å². The van der Waals surface area contributed by atoms with Crippen LogP contribution in [-0.2, 0) is 6.54 Å². The highest BCUT2D eigenvalue weighted by Crippen LogP contribution is 2.23. The van der Waals surface area contributed by atoms with Gasteiger partial charge >= 0.3 is 0 Å². The second kappa shape index (κ2) is 5.73. The van der Waals surface area contributed by atoms with Crippen molar-refractivity contribution in [2.45, 2.75) is 26.4 Å². The predicted molar refractivity (Wildman–Crippen MR) is 86.1 cm³/mol. The zero-order valence-corrected chi connectivity index (χ0v) is 12.6. The van der Waals surface area contributed by atoms with Crippen LogP contribution in [0.15, 0.2) is 48.8 Å². The van der Waals surface area contributed by atoms with Gasteiger partial charge in [-0.1, -0.05) is 18.2 Å². The molecular weight excluding hydrogens is 264 g/mol. The Bertz CT molecular complexity index is 712. The van der Waals surface area contributed by atoms with Gasteiger partial charge in [-0.3, -0.25) is 4.98 Å². The van der Waals surface area contributed by atoms with Gasteiger partial charge in [-0.15, -0.1) is 11.3 Å². The lowest BCUT2D eigenvalue weighted by Crippen LogP contribution is -2.17. The first-order valence-electron chi connectivity index (χ1n) is 6.85. The van der Waals surface area contributed by atoms with E-state index in [1.807, 2.05) is 23.7 Å². The van der Waals surface area contributed by atoms with Crippen LogP contribution in [0.2, 0.25) is 0 Å². The molecule has 0 radical (unpaired) electrons. The van der Waals surface area contributed by atoms with Crippen molar-refractivity contribution in [3.05, 3.63) is 64.1 Å². The summed E-state index contributed by atoms with van der Waals surface area (Å²) in [5.41, 5.74) is 1.32. The molecular formula is C17H18N2S. The number of nitrogens with one attached hydrogen (secondary N) is 1. The van der Waals surface area contributed by atoms with Crippen LogP contribution < -0.4 is 5.32 Å². The first-order chi connectivity index (χ1) is 9.74. The molecule has 0 aliphatic rings. The quantitative estimate of drug-likeness (QED) is 0.764. The van der Waals surface area contributed by atoms with Crippen LogP contribution in [0, 0.1) is 6.92 Å². The topological polar surface area (TPSA) is 24.9 Å². The van der Waals surface area contributed by atoms with Crippen molar-refractivity contribution in [1.82, 2.24) is 10.3 Å². The normalized spacial score (nSPS) is 12.7. The second-order valence-corrected chi connectivity index (χ2v) is 6.38. The van der Waals surface area contributed by atoms with Gasteiger partial charge in [0.2, 0.25) is 0 Å². The minimum atomic E-state index is 0.380. The number of hydrogen-bond donors (Lipinski definition) is 1. The minimum absolute atomic E-state index is 0.380. The summed E-state index contributed by atoms with van der Waals surface area (Å²) in [6, 6.07) is 13.3. The molecule has 20 heavy (non-hydrogen) atoms. The summed E-state index contributed by atoms with van der Waals surface area (Å²) >= 11 is 1.86. The summed E-state index contributed by atoms with van der Waals surface area (Å²) in [7, 11) is 0. The number of thiophene rings is 1. The molecule has 1 aromatic carbocycles. The van der Waals surface area contributed by atoms with Gasteiger partial charge in [0.15, 0.2) is 0 Å². The zero-order valence-electron chi connectivity index (χ0n) is 11.8. The van der Waals surface area contributed by atoms with E-state index in [1.165, 1.54) is 26.1 Å². The Kier molecular flexibility index (Phi) is 3.81. The Hall–Kier alpha value is -1.71. The minimum Gasteiger partial charge on any atom is -0.305 e. The maximum Gasteiger partial charge on any atom is 0.0388 e. The van der Waals surface area contributed by atoms with Gasteiger partial charge in [-0.25, -0.2) is 0 Å². The zero-order chi connectivity index (χ0) is 13.9. The molecule has 1 atom stereocenters. The summed E-state index contributed by atoms with van der Waals surface area (Å²) in [4.78, 5) is 6.94. The molecule has 3 rings (SSSR count). The molecule has 3 aromatic rings. The van der Waals surface area contributed by atoms with E-state index < -0.39 is 0 Å². The summed E-state index contributed by atoms with van der Waals surface area (Å²) in [6.07, 6.45) is 3.78. The largest absolute Gasteiger partial charge is 0.305 e. The number of pyridine rings is 1. The third-order valence-corrected chi connectivity index (χ3v) is 4.74. The maximum absolute atomic E-state index is 4.18. The van der Waals surface area contributed by atoms with Crippen LogP contribution in [0.3, 0.4) is 0 Å². The third-order valence-electron chi connectivity index (χ3n) is 3.56. The lowest BCUT2D eigenvalue weighted by Gasteiger charge is -2.13. The van der Waals surface area contributed by atoms with Crippen molar-refractivity contribution in [1.29, 1.82) is 0 Å². The van der Waals surface area contributed by atoms with Crippen LogP contribution in [0.1, 0.15) is 28.3 Å². The van der Waals surface area contributed by atoms with E-state index >= 15 is 0 Å². The lowest BCUT2D eigenvalue weighted by molar-refractivity contribution is 0.585. The summed E-state index contributed by atoms with van der Waals surface area (Å²) in [5, 5.41) is 6.09. The molecule has 3 heteroatoms. The molecule has 0 saturated carbocycles. The fourth-order valence-corrected chi connectivity index (χ4v) is 3.30. The van der Waals surface area contributed by atoms with E-state index in [0.29, 0.717) is 6.04 Å².